The molecular weight excluding hydrogens is 360 g/mol. The number of rotatable bonds is 2. The number of benzene rings is 1. The second-order valence-electron chi connectivity index (χ2n) is 5.77. The second kappa shape index (κ2) is 5.26. The second-order valence-corrected chi connectivity index (χ2v) is 6.93. The predicted octanol–water partition coefficient (Wildman–Crippen LogP) is 3.81. The van der Waals surface area contributed by atoms with Gasteiger partial charge in [0.05, 0.1) is 0 Å². The number of carbonyl (C=O) groups is 1. The van der Waals surface area contributed by atoms with Crippen LogP contribution in [0.5, 0.6) is 0 Å². The molecule has 0 spiro atoms. The van der Waals surface area contributed by atoms with E-state index < -0.39 is 11.7 Å². The largest absolute Gasteiger partial charge is 0.444 e. The molecule has 0 aromatic heterocycles. The van der Waals surface area contributed by atoms with Gasteiger partial charge in [0, 0.05) is 15.5 Å². The quantitative estimate of drug-likeness (QED) is 0.797. The highest BCUT2D eigenvalue weighted by molar-refractivity contribution is 14.1. The lowest BCUT2D eigenvalue weighted by Crippen LogP contribution is -2.34. The van der Waals surface area contributed by atoms with Gasteiger partial charge in [-0.25, -0.2) is 9.18 Å². The van der Waals surface area contributed by atoms with Gasteiger partial charge in [-0.3, -0.25) is 0 Å². The van der Waals surface area contributed by atoms with E-state index in [0.717, 1.165) is 12.0 Å². The van der Waals surface area contributed by atoms with Crippen molar-refractivity contribution >= 4 is 28.7 Å². The molecular formula is C14H17FINO2. The van der Waals surface area contributed by atoms with Crippen LogP contribution in [0.15, 0.2) is 18.2 Å². The highest BCUT2D eigenvalue weighted by atomic mass is 127. The van der Waals surface area contributed by atoms with E-state index in [4.69, 9.17) is 4.74 Å². The van der Waals surface area contributed by atoms with Crippen molar-refractivity contribution in [3.05, 3.63) is 33.1 Å². The van der Waals surface area contributed by atoms with Crippen molar-refractivity contribution in [2.45, 2.75) is 44.8 Å². The molecule has 1 aromatic carbocycles. The number of nitrogens with one attached hydrogen (secondary N) is 1. The maximum absolute atomic E-state index is 13.5. The third kappa shape index (κ3) is 4.06. The normalized spacial score (nSPS) is 21.9. The molecule has 0 bridgehead atoms. The summed E-state index contributed by atoms with van der Waals surface area (Å²) in [7, 11) is 0. The van der Waals surface area contributed by atoms with Crippen molar-refractivity contribution in [3.63, 3.8) is 0 Å². The Bertz CT molecular complexity index is 499. The summed E-state index contributed by atoms with van der Waals surface area (Å²) >= 11 is 1.96. The molecule has 1 N–H and O–H groups in total. The Morgan fingerprint density at radius 2 is 2.16 bits per heavy atom. The monoisotopic (exact) mass is 377 g/mol. The first-order chi connectivity index (χ1) is 8.76. The zero-order valence-electron chi connectivity index (χ0n) is 11.2. The van der Waals surface area contributed by atoms with Gasteiger partial charge in [-0.1, -0.05) is 6.07 Å². The number of hydrogen-bond acceptors (Lipinski definition) is 2. The Hall–Kier alpha value is -0.850. The number of hydrogen-bond donors (Lipinski definition) is 1. The van der Waals surface area contributed by atoms with E-state index in [1.807, 2.05) is 49.4 Å². The predicted molar refractivity (Wildman–Crippen MR) is 79.6 cm³/mol. The first kappa shape index (κ1) is 14.6. The first-order valence-corrected chi connectivity index (χ1v) is 7.28. The molecule has 2 rings (SSSR count). The van der Waals surface area contributed by atoms with Crippen molar-refractivity contribution in [2.75, 3.05) is 0 Å². The fourth-order valence-electron chi connectivity index (χ4n) is 1.92. The fraction of sp³-hybridized carbons (Fsp3) is 0.500. The number of alkyl carbamates (subject to hydrolysis) is 1. The van der Waals surface area contributed by atoms with E-state index in [2.05, 4.69) is 5.32 Å². The van der Waals surface area contributed by atoms with Gasteiger partial charge in [-0.2, -0.15) is 0 Å². The molecule has 0 aliphatic heterocycles. The lowest BCUT2D eigenvalue weighted by atomic mass is 10.1. The van der Waals surface area contributed by atoms with Crippen molar-refractivity contribution < 1.29 is 13.9 Å². The maximum atomic E-state index is 13.5. The van der Waals surface area contributed by atoms with Crippen LogP contribution in [0, 0.1) is 9.39 Å². The topological polar surface area (TPSA) is 38.3 Å². The van der Waals surface area contributed by atoms with Gasteiger partial charge in [-0.05, 0) is 67.5 Å². The highest BCUT2D eigenvalue weighted by Crippen LogP contribution is 2.41. The van der Waals surface area contributed by atoms with E-state index in [0.29, 0.717) is 3.57 Å². The standard InChI is InChI=1S/C14H17FINO2/c1-14(2,3)19-13(18)17-12-7-9(12)8-4-5-11(16)10(15)6-8/h4-6,9,12H,7H2,1-3H3,(H,17,18)/t9-,12+/m0/s1. The van der Waals surface area contributed by atoms with Crippen LogP contribution in [0.1, 0.15) is 38.7 Å². The number of carbonyl (C=O) groups excluding carboxylic acids is 1. The molecule has 1 saturated carbocycles. The highest BCUT2D eigenvalue weighted by Gasteiger charge is 2.40. The lowest BCUT2D eigenvalue weighted by molar-refractivity contribution is 0.0523. The SMILES string of the molecule is CC(C)(C)OC(=O)N[C@@H]1C[C@H]1c1ccc(I)c(F)c1. The van der Waals surface area contributed by atoms with Crippen LogP contribution in [-0.4, -0.2) is 17.7 Å². The van der Waals surface area contributed by atoms with Gasteiger partial charge < -0.3 is 10.1 Å². The first-order valence-electron chi connectivity index (χ1n) is 6.21. The van der Waals surface area contributed by atoms with E-state index >= 15 is 0 Å². The fourth-order valence-corrected chi connectivity index (χ4v) is 2.26. The molecule has 19 heavy (non-hydrogen) atoms. The van der Waals surface area contributed by atoms with Gasteiger partial charge in [-0.15, -0.1) is 0 Å². The Morgan fingerprint density at radius 3 is 2.74 bits per heavy atom. The Morgan fingerprint density at radius 1 is 1.47 bits per heavy atom. The Balaban J connectivity index is 1.90. The molecule has 1 aliphatic rings. The van der Waals surface area contributed by atoms with E-state index in [1.54, 1.807) is 12.1 Å². The molecule has 0 radical (unpaired) electrons. The van der Waals surface area contributed by atoms with Crippen molar-refractivity contribution in [1.82, 2.24) is 5.32 Å². The van der Waals surface area contributed by atoms with Crippen molar-refractivity contribution in [1.29, 1.82) is 0 Å². The summed E-state index contributed by atoms with van der Waals surface area (Å²) in [6, 6.07) is 5.26. The molecule has 1 amide bonds. The van der Waals surface area contributed by atoms with E-state index in [-0.39, 0.29) is 17.8 Å². The van der Waals surface area contributed by atoms with Crippen LogP contribution in [0.2, 0.25) is 0 Å². The lowest BCUT2D eigenvalue weighted by Gasteiger charge is -2.19. The van der Waals surface area contributed by atoms with Crippen LogP contribution < -0.4 is 5.32 Å². The number of ether oxygens (including phenoxy) is 1. The van der Waals surface area contributed by atoms with Crippen LogP contribution in [0.25, 0.3) is 0 Å². The number of amides is 1. The Kier molecular flexibility index (Phi) is 4.03. The minimum atomic E-state index is -0.497. The van der Waals surface area contributed by atoms with Crippen molar-refractivity contribution in [3.8, 4) is 0 Å². The van der Waals surface area contributed by atoms with Gasteiger partial charge in [0.15, 0.2) is 0 Å². The third-order valence-electron chi connectivity index (χ3n) is 2.86. The summed E-state index contributed by atoms with van der Waals surface area (Å²) in [5.41, 5.74) is 0.433. The minimum absolute atomic E-state index is 0.0503. The van der Waals surface area contributed by atoms with E-state index in [1.165, 1.54) is 0 Å². The molecule has 2 atom stereocenters. The molecule has 5 heteroatoms. The molecule has 0 saturated heterocycles. The minimum Gasteiger partial charge on any atom is -0.444 e. The molecule has 104 valence electrons. The summed E-state index contributed by atoms with van der Waals surface area (Å²) < 4.78 is 19.3. The number of halogens is 2. The van der Waals surface area contributed by atoms with Gasteiger partial charge in [0.25, 0.3) is 0 Å². The average Bonchev–Trinajstić information content (AvgIpc) is 2.98. The van der Waals surface area contributed by atoms with Crippen LogP contribution in [0.3, 0.4) is 0 Å². The maximum Gasteiger partial charge on any atom is 0.407 e. The zero-order valence-corrected chi connectivity index (χ0v) is 13.3. The molecule has 0 heterocycles. The molecule has 1 aromatic rings. The van der Waals surface area contributed by atoms with Gasteiger partial charge in [0.2, 0.25) is 0 Å². The molecule has 0 unspecified atom stereocenters. The average molecular weight is 377 g/mol. The van der Waals surface area contributed by atoms with Gasteiger partial charge in [0.1, 0.15) is 11.4 Å². The summed E-state index contributed by atoms with van der Waals surface area (Å²) in [5, 5.41) is 2.81. The van der Waals surface area contributed by atoms with Crippen LogP contribution in [0.4, 0.5) is 9.18 Å². The van der Waals surface area contributed by atoms with Crippen LogP contribution in [-0.2, 0) is 4.74 Å². The van der Waals surface area contributed by atoms with Crippen LogP contribution >= 0.6 is 22.6 Å². The summed E-state index contributed by atoms with van der Waals surface area (Å²) in [6.45, 7) is 5.47. The van der Waals surface area contributed by atoms with Gasteiger partial charge >= 0.3 is 6.09 Å². The molecule has 1 aliphatic carbocycles. The zero-order chi connectivity index (χ0) is 14.2. The summed E-state index contributed by atoms with van der Waals surface area (Å²) in [6.07, 6.45) is 0.421. The summed E-state index contributed by atoms with van der Waals surface area (Å²) in [5.74, 6) is -0.0139. The van der Waals surface area contributed by atoms with E-state index in [9.17, 15) is 9.18 Å². The molecule has 1 fully saturated rings. The third-order valence-corrected chi connectivity index (χ3v) is 3.74. The van der Waals surface area contributed by atoms with Crippen molar-refractivity contribution in [2.24, 2.45) is 0 Å². The molecule has 3 nitrogen and oxygen atoms in total. The smallest absolute Gasteiger partial charge is 0.407 e. The summed E-state index contributed by atoms with van der Waals surface area (Å²) in [4.78, 5) is 11.6. The Labute approximate surface area is 126 Å².